The fraction of sp³-hybridized carbons (Fsp3) is 0.692. The highest BCUT2D eigenvalue weighted by Gasteiger charge is 2.30. The molecule has 0 bridgehead atoms. The van der Waals surface area contributed by atoms with Gasteiger partial charge in [0.25, 0.3) is 0 Å². The van der Waals surface area contributed by atoms with Crippen LogP contribution >= 0.6 is 0 Å². The molecule has 0 aliphatic carbocycles. The van der Waals surface area contributed by atoms with Gasteiger partial charge in [0.2, 0.25) is 0 Å². The highest BCUT2D eigenvalue weighted by molar-refractivity contribution is 5.47. The number of rotatable bonds is 2. The molecular weight excluding hydrogens is 228 g/mol. The number of hydrogen-bond donors (Lipinski definition) is 2. The van der Waals surface area contributed by atoms with Crippen molar-refractivity contribution < 1.29 is 4.74 Å². The van der Waals surface area contributed by atoms with Crippen molar-refractivity contribution in [1.82, 2.24) is 9.97 Å². The molecule has 0 aromatic carbocycles. The predicted octanol–water partition coefficient (Wildman–Crippen LogP) is 1.95. The quantitative estimate of drug-likeness (QED) is 0.839. The molecule has 1 aromatic heterocycles. The van der Waals surface area contributed by atoms with E-state index in [1.807, 2.05) is 0 Å². The molecule has 0 saturated carbocycles. The van der Waals surface area contributed by atoms with E-state index in [0.29, 0.717) is 12.4 Å². The Hall–Kier alpha value is -1.36. The summed E-state index contributed by atoms with van der Waals surface area (Å²) < 4.78 is 5.42. The summed E-state index contributed by atoms with van der Waals surface area (Å²) in [6.07, 6.45) is 0.974. The molecule has 1 unspecified atom stereocenters. The van der Waals surface area contributed by atoms with Crippen molar-refractivity contribution in [3.63, 3.8) is 0 Å². The first-order chi connectivity index (χ1) is 8.28. The number of ether oxygens (including phenoxy) is 1. The number of anilines is 2. The van der Waals surface area contributed by atoms with Crippen molar-refractivity contribution in [2.24, 2.45) is 0 Å². The van der Waals surface area contributed by atoms with E-state index in [1.165, 1.54) is 0 Å². The number of hydrogen-bond acceptors (Lipinski definition) is 5. The van der Waals surface area contributed by atoms with E-state index in [9.17, 15) is 0 Å². The van der Waals surface area contributed by atoms with Crippen molar-refractivity contribution in [2.75, 3.05) is 24.3 Å². The Balaban J connectivity index is 2.25. The van der Waals surface area contributed by atoms with Crippen LogP contribution in [-0.4, -0.2) is 28.7 Å². The van der Waals surface area contributed by atoms with Gasteiger partial charge in [-0.25, -0.2) is 9.97 Å². The Morgan fingerprint density at radius 3 is 2.67 bits per heavy atom. The maximum Gasteiger partial charge on any atom is 0.138 e. The lowest BCUT2D eigenvalue weighted by atomic mass is 9.95. The first-order valence-corrected chi connectivity index (χ1v) is 6.29. The van der Waals surface area contributed by atoms with Crippen LogP contribution in [-0.2, 0) is 10.2 Å². The summed E-state index contributed by atoms with van der Waals surface area (Å²) in [5.41, 5.74) is 5.68. The van der Waals surface area contributed by atoms with E-state index < -0.39 is 0 Å². The highest BCUT2D eigenvalue weighted by atomic mass is 16.5. The summed E-state index contributed by atoms with van der Waals surface area (Å²) in [7, 11) is 0. The van der Waals surface area contributed by atoms with Crippen LogP contribution in [0.5, 0.6) is 0 Å². The second-order valence-electron chi connectivity index (χ2n) is 6.24. The second kappa shape index (κ2) is 4.39. The van der Waals surface area contributed by atoms with Gasteiger partial charge in [0.1, 0.15) is 17.5 Å². The second-order valence-corrected chi connectivity index (χ2v) is 6.24. The minimum Gasteiger partial charge on any atom is -0.384 e. The number of nitrogens with zero attached hydrogens (tertiary/aromatic N) is 2. The van der Waals surface area contributed by atoms with Crippen LogP contribution in [0.15, 0.2) is 6.07 Å². The molecule has 100 valence electrons. The summed E-state index contributed by atoms with van der Waals surface area (Å²) in [6, 6.07) is 1.78. The third-order valence-corrected chi connectivity index (χ3v) is 3.07. The van der Waals surface area contributed by atoms with Gasteiger partial charge < -0.3 is 15.8 Å². The molecule has 2 rings (SSSR count). The van der Waals surface area contributed by atoms with Crippen LogP contribution in [0.4, 0.5) is 11.6 Å². The highest BCUT2D eigenvalue weighted by Crippen LogP contribution is 2.26. The molecule has 18 heavy (non-hydrogen) atoms. The standard InChI is InChI=1S/C13H22N4O/c1-12(2,3)11-15-9(14)7-10(16-11)17-13(4)5-6-18-8-13/h7H,5-6,8H2,1-4H3,(H3,14,15,16,17). The fourth-order valence-corrected chi connectivity index (χ4v) is 1.94. The van der Waals surface area contributed by atoms with Crippen molar-refractivity contribution >= 4 is 11.6 Å². The van der Waals surface area contributed by atoms with Gasteiger partial charge in [-0.1, -0.05) is 20.8 Å². The number of aromatic nitrogens is 2. The predicted molar refractivity (Wildman–Crippen MR) is 72.6 cm³/mol. The minimum absolute atomic E-state index is 0.0596. The van der Waals surface area contributed by atoms with E-state index >= 15 is 0 Å². The van der Waals surface area contributed by atoms with Gasteiger partial charge in [-0.15, -0.1) is 0 Å². The summed E-state index contributed by atoms with van der Waals surface area (Å²) >= 11 is 0. The largest absolute Gasteiger partial charge is 0.384 e. The molecule has 5 heteroatoms. The van der Waals surface area contributed by atoms with Gasteiger partial charge in [-0.2, -0.15) is 0 Å². The summed E-state index contributed by atoms with van der Waals surface area (Å²) in [4.78, 5) is 8.85. The Morgan fingerprint density at radius 1 is 1.39 bits per heavy atom. The molecular formula is C13H22N4O. The minimum atomic E-state index is -0.112. The lowest BCUT2D eigenvalue weighted by molar-refractivity contribution is 0.185. The van der Waals surface area contributed by atoms with Crippen molar-refractivity contribution in [2.45, 2.75) is 45.1 Å². The summed E-state index contributed by atoms with van der Waals surface area (Å²) in [5.74, 6) is 2.04. The van der Waals surface area contributed by atoms with Gasteiger partial charge in [0, 0.05) is 18.1 Å². The lowest BCUT2D eigenvalue weighted by Gasteiger charge is -2.25. The van der Waals surface area contributed by atoms with Crippen molar-refractivity contribution in [3.8, 4) is 0 Å². The van der Waals surface area contributed by atoms with E-state index in [4.69, 9.17) is 10.5 Å². The van der Waals surface area contributed by atoms with Gasteiger partial charge in [-0.05, 0) is 13.3 Å². The zero-order valence-corrected chi connectivity index (χ0v) is 11.6. The van der Waals surface area contributed by atoms with E-state index in [-0.39, 0.29) is 11.0 Å². The Morgan fingerprint density at radius 2 is 2.11 bits per heavy atom. The molecule has 0 radical (unpaired) electrons. The normalized spacial score (nSPS) is 24.2. The molecule has 1 atom stereocenters. The molecule has 3 N–H and O–H groups in total. The van der Waals surface area contributed by atoms with Crippen LogP contribution in [0.2, 0.25) is 0 Å². The molecule has 1 fully saturated rings. The maximum absolute atomic E-state index is 5.85. The molecule has 1 aromatic rings. The van der Waals surface area contributed by atoms with Crippen LogP contribution < -0.4 is 11.1 Å². The molecule has 1 aliphatic rings. The SMILES string of the molecule is CC1(Nc2cc(N)nc(C(C)(C)C)n2)CCOC1. The van der Waals surface area contributed by atoms with Gasteiger partial charge in [0.05, 0.1) is 12.1 Å². The van der Waals surface area contributed by atoms with E-state index in [1.54, 1.807) is 6.07 Å². The average molecular weight is 250 g/mol. The smallest absolute Gasteiger partial charge is 0.138 e. The number of nitrogens with two attached hydrogens (primary N) is 1. The third kappa shape index (κ3) is 2.90. The monoisotopic (exact) mass is 250 g/mol. The van der Waals surface area contributed by atoms with Crippen LogP contribution in [0, 0.1) is 0 Å². The zero-order chi connectivity index (χ0) is 13.4. The molecule has 2 heterocycles. The van der Waals surface area contributed by atoms with E-state index in [0.717, 1.165) is 24.7 Å². The first kappa shape index (κ1) is 13.1. The Labute approximate surface area is 108 Å². The topological polar surface area (TPSA) is 73.1 Å². The number of nitrogens with one attached hydrogen (secondary N) is 1. The maximum atomic E-state index is 5.85. The Kier molecular flexibility index (Phi) is 3.19. The van der Waals surface area contributed by atoms with Gasteiger partial charge in [-0.3, -0.25) is 0 Å². The summed E-state index contributed by atoms with van der Waals surface area (Å²) in [6.45, 7) is 9.84. The van der Waals surface area contributed by atoms with Crippen LogP contribution in [0.1, 0.15) is 39.9 Å². The zero-order valence-electron chi connectivity index (χ0n) is 11.6. The third-order valence-electron chi connectivity index (χ3n) is 3.07. The molecule has 0 spiro atoms. The average Bonchev–Trinajstić information content (AvgIpc) is 2.62. The van der Waals surface area contributed by atoms with Crippen molar-refractivity contribution in [1.29, 1.82) is 0 Å². The van der Waals surface area contributed by atoms with Crippen LogP contribution in [0.25, 0.3) is 0 Å². The lowest BCUT2D eigenvalue weighted by Crippen LogP contribution is -2.35. The van der Waals surface area contributed by atoms with E-state index in [2.05, 4.69) is 43.0 Å². The molecule has 1 saturated heterocycles. The first-order valence-electron chi connectivity index (χ1n) is 6.29. The summed E-state index contributed by atoms with van der Waals surface area (Å²) in [5, 5.41) is 3.41. The Bertz CT molecular complexity index is 433. The van der Waals surface area contributed by atoms with Gasteiger partial charge >= 0.3 is 0 Å². The fourth-order valence-electron chi connectivity index (χ4n) is 1.94. The van der Waals surface area contributed by atoms with Gasteiger partial charge in [0.15, 0.2) is 0 Å². The molecule has 0 amide bonds. The number of nitrogen functional groups attached to an aromatic ring is 1. The van der Waals surface area contributed by atoms with Crippen molar-refractivity contribution in [3.05, 3.63) is 11.9 Å². The molecule has 1 aliphatic heterocycles. The van der Waals surface area contributed by atoms with Crippen LogP contribution in [0.3, 0.4) is 0 Å². The molecule has 5 nitrogen and oxygen atoms in total.